The van der Waals surface area contributed by atoms with Crippen LogP contribution in [0.4, 0.5) is 11.5 Å². The van der Waals surface area contributed by atoms with Crippen LogP contribution in [0.5, 0.6) is 0 Å². The molecule has 2 aromatic carbocycles. The average molecular weight is 468 g/mol. The Bertz CT molecular complexity index is 1310. The summed E-state index contributed by atoms with van der Waals surface area (Å²) in [6.07, 6.45) is 3.70. The number of benzene rings is 2. The van der Waals surface area contributed by atoms with Gasteiger partial charge in [0, 0.05) is 49.4 Å². The van der Waals surface area contributed by atoms with E-state index < -0.39 is 4.92 Å². The van der Waals surface area contributed by atoms with Crippen molar-refractivity contribution in [1.82, 2.24) is 9.88 Å². The Hall–Kier alpha value is -4.25. The van der Waals surface area contributed by atoms with Crippen LogP contribution in [-0.2, 0) is 12.8 Å². The normalized spacial score (nSPS) is 15.3. The Labute approximate surface area is 203 Å². The van der Waals surface area contributed by atoms with Gasteiger partial charge in [0.15, 0.2) is 0 Å². The van der Waals surface area contributed by atoms with Crippen LogP contribution in [0.15, 0.2) is 54.6 Å². The molecule has 0 radical (unpaired) electrons. The van der Waals surface area contributed by atoms with Crippen molar-refractivity contribution in [2.45, 2.75) is 25.7 Å². The fraction of sp³-hybridized carbons (Fsp3) is 0.296. The summed E-state index contributed by atoms with van der Waals surface area (Å²) in [5.74, 6) is 0.657. The minimum atomic E-state index is -0.410. The standard InChI is InChI=1S/C27H25N5O3/c28-18-24-22-8-4-5-9-23(22)25(19-10-12-21(13-11-19)32(34)35)29-26(24)30-14-16-31(17-15-30)27(33)20-6-2-1-3-7-20/h1-3,6-7,10-13H,4-5,8-9,14-17H2. The predicted octanol–water partition coefficient (Wildman–Crippen LogP) is 4.37. The first-order chi connectivity index (χ1) is 17.1. The van der Waals surface area contributed by atoms with E-state index >= 15 is 0 Å². The van der Waals surface area contributed by atoms with E-state index in [9.17, 15) is 20.2 Å². The number of fused-ring (bicyclic) bond motifs is 1. The molecule has 0 atom stereocenters. The third kappa shape index (κ3) is 4.33. The molecule has 8 nitrogen and oxygen atoms in total. The zero-order chi connectivity index (χ0) is 24.4. The van der Waals surface area contributed by atoms with Crippen LogP contribution in [0, 0.1) is 21.4 Å². The van der Waals surface area contributed by atoms with Gasteiger partial charge in [-0.3, -0.25) is 14.9 Å². The van der Waals surface area contributed by atoms with Gasteiger partial charge in [-0.15, -0.1) is 0 Å². The zero-order valence-corrected chi connectivity index (χ0v) is 19.3. The van der Waals surface area contributed by atoms with Gasteiger partial charge < -0.3 is 9.80 Å². The second kappa shape index (κ2) is 9.55. The first kappa shape index (κ1) is 22.5. The molecule has 0 N–H and O–H groups in total. The van der Waals surface area contributed by atoms with Crippen molar-refractivity contribution in [3.05, 3.63) is 87.0 Å². The predicted molar refractivity (Wildman–Crippen MR) is 132 cm³/mol. The van der Waals surface area contributed by atoms with E-state index in [1.807, 2.05) is 35.2 Å². The lowest BCUT2D eigenvalue weighted by molar-refractivity contribution is -0.384. The summed E-state index contributed by atoms with van der Waals surface area (Å²) < 4.78 is 0. The molecule has 0 spiro atoms. The minimum Gasteiger partial charge on any atom is -0.352 e. The van der Waals surface area contributed by atoms with Crippen molar-refractivity contribution in [3.63, 3.8) is 0 Å². The smallest absolute Gasteiger partial charge is 0.269 e. The van der Waals surface area contributed by atoms with Crippen molar-refractivity contribution in [2.24, 2.45) is 0 Å². The van der Waals surface area contributed by atoms with E-state index in [0.29, 0.717) is 43.1 Å². The summed E-state index contributed by atoms with van der Waals surface area (Å²) in [7, 11) is 0. The van der Waals surface area contributed by atoms with Gasteiger partial charge in [0.2, 0.25) is 0 Å². The molecule has 1 fully saturated rings. The Morgan fingerprint density at radius 3 is 2.23 bits per heavy atom. The number of pyridine rings is 1. The van der Waals surface area contributed by atoms with Gasteiger partial charge in [0.1, 0.15) is 11.9 Å². The van der Waals surface area contributed by atoms with E-state index in [2.05, 4.69) is 11.0 Å². The van der Waals surface area contributed by atoms with Crippen LogP contribution in [0.2, 0.25) is 0 Å². The molecule has 0 unspecified atom stereocenters. The maximum atomic E-state index is 12.9. The molecular weight excluding hydrogens is 442 g/mol. The van der Waals surface area contributed by atoms with Gasteiger partial charge in [0.25, 0.3) is 11.6 Å². The maximum Gasteiger partial charge on any atom is 0.269 e. The zero-order valence-electron chi connectivity index (χ0n) is 19.3. The Morgan fingerprint density at radius 1 is 0.943 bits per heavy atom. The van der Waals surface area contributed by atoms with E-state index in [1.54, 1.807) is 12.1 Å². The van der Waals surface area contributed by atoms with Crippen LogP contribution in [0.1, 0.15) is 39.9 Å². The van der Waals surface area contributed by atoms with Crippen molar-refractivity contribution in [2.75, 3.05) is 31.1 Å². The molecule has 2 aliphatic rings. The van der Waals surface area contributed by atoms with Crippen molar-refractivity contribution in [3.8, 4) is 17.3 Å². The monoisotopic (exact) mass is 467 g/mol. The van der Waals surface area contributed by atoms with Gasteiger partial charge in [-0.1, -0.05) is 18.2 Å². The number of non-ortho nitro benzene ring substituents is 1. The fourth-order valence-corrected chi connectivity index (χ4v) is 5.02. The number of amides is 1. The summed E-state index contributed by atoms with van der Waals surface area (Å²) in [6, 6.07) is 18.1. The molecule has 0 saturated carbocycles. The van der Waals surface area contributed by atoms with Gasteiger partial charge in [0.05, 0.1) is 16.2 Å². The third-order valence-electron chi connectivity index (χ3n) is 6.85. The van der Waals surface area contributed by atoms with E-state index in [1.165, 1.54) is 12.1 Å². The number of hydrogen-bond donors (Lipinski definition) is 0. The van der Waals surface area contributed by atoms with Gasteiger partial charge in [-0.25, -0.2) is 4.98 Å². The molecular formula is C27H25N5O3. The van der Waals surface area contributed by atoms with Crippen LogP contribution in [0.3, 0.4) is 0 Å². The molecule has 2 heterocycles. The molecule has 0 bridgehead atoms. The highest BCUT2D eigenvalue weighted by Gasteiger charge is 2.29. The topological polar surface area (TPSA) is 103 Å². The van der Waals surface area contributed by atoms with Crippen LogP contribution in [0.25, 0.3) is 11.3 Å². The lowest BCUT2D eigenvalue weighted by Crippen LogP contribution is -2.49. The van der Waals surface area contributed by atoms with Crippen LogP contribution < -0.4 is 4.90 Å². The molecule has 8 heteroatoms. The first-order valence-corrected chi connectivity index (χ1v) is 11.9. The number of piperazine rings is 1. The van der Waals surface area contributed by atoms with Crippen molar-refractivity contribution in [1.29, 1.82) is 5.26 Å². The molecule has 1 saturated heterocycles. The largest absolute Gasteiger partial charge is 0.352 e. The molecule has 1 aromatic heterocycles. The Morgan fingerprint density at radius 2 is 1.60 bits per heavy atom. The van der Waals surface area contributed by atoms with Crippen molar-refractivity contribution < 1.29 is 9.72 Å². The molecule has 3 aromatic rings. The summed E-state index contributed by atoms with van der Waals surface area (Å²) in [4.78, 5) is 32.5. The van der Waals surface area contributed by atoms with Crippen LogP contribution >= 0.6 is 0 Å². The molecule has 1 amide bonds. The number of anilines is 1. The second-order valence-electron chi connectivity index (χ2n) is 8.88. The van der Waals surface area contributed by atoms with Gasteiger partial charge in [-0.2, -0.15) is 5.26 Å². The fourth-order valence-electron chi connectivity index (χ4n) is 5.02. The summed E-state index contributed by atoms with van der Waals surface area (Å²) in [6.45, 7) is 2.26. The third-order valence-corrected chi connectivity index (χ3v) is 6.85. The number of rotatable bonds is 4. The SMILES string of the molecule is N#Cc1c(N2CCN(C(=O)c3ccccc3)CC2)nc(-c2ccc([N+](=O)[O-])cc2)c2c1CCCC2. The maximum absolute atomic E-state index is 12.9. The summed E-state index contributed by atoms with van der Waals surface area (Å²) in [5.41, 5.74) is 5.06. The number of nitriles is 1. The number of carbonyl (C=O) groups is 1. The van der Waals surface area contributed by atoms with E-state index in [-0.39, 0.29) is 11.6 Å². The van der Waals surface area contributed by atoms with Crippen LogP contribution in [-0.4, -0.2) is 46.9 Å². The second-order valence-corrected chi connectivity index (χ2v) is 8.88. The number of hydrogen-bond acceptors (Lipinski definition) is 6. The summed E-state index contributed by atoms with van der Waals surface area (Å²) in [5, 5.41) is 21.2. The Balaban J connectivity index is 1.47. The summed E-state index contributed by atoms with van der Waals surface area (Å²) >= 11 is 0. The molecule has 35 heavy (non-hydrogen) atoms. The molecule has 1 aliphatic carbocycles. The lowest BCUT2D eigenvalue weighted by atomic mass is 9.86. The lowest BCUT2D eigenvalue weighted by Gasteiger charge is -2.37. The quantitative estimate of drug-likeness (QED) is 0.417. The minimum absolute atomic E-state index is 0.00993. The Kier molecular flexibility index (Phi) is 6.15. The highest BCUT2D eigenvalue weighted by Crippen LogP contribution is 2.37. The first-order valence-electron chi connectivity index (χ1n) is 11.9. The van der Waals surface area contributed by atoms with Gasteiger partial charge in [-0.05, 0) is 61.1 Å². The highest BCUT2D eigenvalue weighted by molar-refractivity contribution is 5.94. The number of carbonyl (C=O) groups excluding carboxylic acids is 1. The van der Waals surface area contributed by atoms with E-state index in [4.69, 9.17) is 4.98 Å². The van der Waals surface area contributed by atoms with Gasteiger partial charge >= 0.3 is 0 Å². The number of nitrogens with zero attached hydrogens (tertiary/aromatic N) is 5. The molecule has 5 rings (SSSR count). The number of nitro groups is 1. The van der Waals surface area contributed by atoms with E-state index in [0.717, 1.165) is 48.1 Å². The number of aromatic nitrogens is 1. The average Bonchev–Trinajstić information content (AvgIpc) is 2.92. The highest BCUT2D eigenvalue weighted by atomic mass is 16.6. The number of nitro benzene ring substituents is 1. The molecule has 1 aliphatic heterocycles. The van der Waals surface area contributed by atoms with Crippen molar-refractivity contribution >= 4 is 17.4 Å². The molecule has 176 valence electrons.